The summed E-state index contributed by atoms with van der Waals surface area (Å²) in [5.41, 5.74) is 2.61. The van der Waals surface area contributed by atoms with Crippen LogP contribution in [0.1, 0.15) is 18.2 Å². The predicted octanol–water partition coefficient (Wildman–Crippen LogP) is 2.49. The molecule has 1 aromatic heterocycles. The molecule has 1 heterocycles. The van der Waals surface area contributed by atoms with E-state index in [-0.39, 0.29) is 0 Å². The van der Waals surface area contributed by atoms with Crippen LogP contribution in [0, 0.1) is 0 Å². The molecule has 0 radical (unpaired) electrons. The van der Waals surface area contributed by atoms with E-state index in [1.165, 1.54) is 11.3 Å². The smallest absolute Gasteiger partial charge is 0.0948 e. The zero-order chi connectivity index (χ0) is 9.80. The Kier molecular flexibility index (Phi) is 2.63. The molecule has 2 heteroatoms. The van der Waals surface area contributed by atoms with Crippen LogP contribution in [0.4, 0.5) is 0 Å². The van der Waals surface area contributed by atoms with Crippen LogP contribution < -0.4 is 0 Å². The fourth-order valence-corrected chi connectivity index (χ4v) is 1.59. The van der Waals surface area contributed by atoms with E-state index in [1.807, 2.05) is 18.6 Å². The van der Waals surface area contributed by atoms with Crippen LogP contribution in [-0.2, 0) is 13.0 Å². The number of aromatic nitrogens is 2. The van der Waals surface area contributed by atoms with Crippen LogP contribution in [0.3, 0.4) is 0 Å². The Balaban J connectivity index is 2.19. The number of imidazole rings is 1. The van der Waals surface area contributed by atoms with Gasteiger partial charge in [0.2, 0.25) is 0 Å². The Morgan fingerprint density at radius 3 is 2.71 bits per heavy atom. The first-order valence-corrected chi connectivity index (χ1v) is 4.93. The summed E-state index contributed by atoms with van der Waals surface area (Å²) in [6.45, 7) is 3.12. The molecule has 14 heavy (non-hydrogen) atoms. The Hall–Kier alpha value is -1.57. The molecule has 72 valence electrons. The molecule has 0 bridgehead atoms. The van der Waals surface area contributed by atoms with Crippen molar-refractivity contribution >= 4 is 0 Å². The van der Waals surface area contributed by atoms with Crippen LogP contribution in [0.25, 0.3) is 0 Å². The first-order valence-electron chi connectivity index (χ1n) is 4.93. The highest BCUT2D eigenvalue weighted by atomic mass is 15.0. The molecule has 0 unspecified atom stereocenters. The van der Waals surface area contributed by atoms with Gasteiger partial charge in [-0.1, -0.05) is 30.3 Å². The van der Waals surface area contributed by atoms with E-state index in [4.69, 9.17) is 0 Å². The Morgan fingerprint density at radius 1 is 1.21 bits per heavy atom. The molecular formula is C12H14N2. The normalized spacial score (nSPS) is 10.4. The summed E-state index contributed by atoms with van der Waals surface area (Å²) >= 11 is 0. The SMILES string of the molecule is CCn1cncc1Cc1ccccc1. The average molecular weight is 186 g/mol. The van der Waals surface area contributed by atoms with Crippen molar-refractivity contribution in [2.75, 3.05) is 0 Å². The maximum atomic E-state index is 4.15. The van der Waals surface area contributed by atoms with Gasteiger partial charge in [-0.2, -0.15) is 0 Å². The maximum absolute atomic E-state index is 4.15. The summed E-state index contributed by atoms with van der Waals surface area (Å²) in [4.78, 5) is 4.15. The van der Waals surface area contributed by atoms with E-state index in [1.54, 1.807) is 0 Å². The summed E-state index contributed by atoms with van der Waals surface area (Å²) in [6.07, 6.45) is 4.80. The highest BCUT2D eigenvalue weighted by molar-refractivity contribution is 5.20. The van der Waals surface area contributed by atoms with Gasteiger partial charge in [0, 0.05) is 24.9 Å². The van der Waals surface area contributed by atoms with Crippen molar-refractivity contribution in [1.82, 2.24) is 9.55 Å². The van der Waals surface area contributed by atoms with Gasteiger partial charge in [-0.05, 0) is 12.5 Å². The van der Waals surface area contributed by atoms with E-state index in [0.717, 1.165) is 13.0 Å². The second-order valence-electron chi connectivity index (χ2n) is 3.33. The standard InChI is InChI=1S/C12H14N2/c1-2-14-10-13-9-12(14)8-11-6-4-3-5-7-11/h3-7,9-10H,2,8H2,1H3. The molecule has 0 aliphatic carbocycles. The van der Waals surface area contributed by atoms with Gasteiger partial charge in [0.25, 0.3) is 0 Å². The van der Waals surface area contributed by atoms with Crippen molar-refractivity contribution < 1.29 is 0 Å². The molecule has 2 aromatic rings. The molecule has 2 nitrogen and oxygen atoms in total. The van der Waals surface area contributed by atoms with Crippen LogP contribution in [0.15, 0.2) is 42.9 Å². The van der Waals surface area contributed by atoms with Crippen molar-refractivity contribution in [2.24, 2.45) is 0 Å². The quantitative estimate of drug-likeness (QED) is 0.720. The predicted molar refractivity (Wildman–Crippen MR) is 57.1 cm³/mol. The Morgan fingerprint density at radius 2 is 2.00 bits per heavy atom. The number of nitrogens with zero attached hydrogens (tertiary/aromatic N) is 2. The number of benzene rings is 1. The monoisotopic (exact) mass is 186 g/mol. The van der Waals surface area contributed by atoms with Gasteiger partial charge >= 0.3 is 0 Å². The molecule has 0 saturated carbocycles. The lowest BCUT2D eigenvalue weighted by Gasteiger charge is -2.04. The lowest BCUT2D eigenvalue weighted by molar-refractivity contribution is 0.723. The van der Waals surface area contributed by atoms with Crippen molar-refractivity contribution in [1.29, 1.82) is 0 Å². The van der Waals surface area contributed by atoms with Crippen molar-refractivity contribution in [2.45, 2.75) is 19.9 Å². The summed E-state index contributed by atoms with van der Waals surface area (Å²) in [6, 6.07) is 10.5. The second-order valence-corrected chi connectivity index (χ2v) is 3.33. The van der Waals surface area contributed by atoms with Crippen LogP contribution in [0.2, 0.25) is 0 Å². The molecule has 0 aliphatic rings. The van der Waals surface area contributed by atoms with Crippen LogP contribution >= 0.6 is 0 Å². The third-order valence-electron chi connectivity index (χ3n) is 2.37. The van der Waals surface area contributed by atoms with Crippen LogP contribution in [-0.4, -0.2) is 9.55 Å². The zero-order valence-corrected chi connectivity index (χ0v) is 8.35. The molecule has 0 N–H and O–H groups in total. The number of aryl methyl sites for hydroxylation is 1. The summed E-state index contributed by atoms with van der Waals surface area (Å²) < 4.78 is 2.17. The van der Waals surface area contributed by atoms with Gasteiger partial charge in [0.1, 0.15) is 0 Å². The first kappa shape index (κ1) is 9.00. The van der Waals surface area contributed by atoms with Crippen molar-refractivity contribution in [3.63, 3.8) is 0 Å². The van der Waals surface area contributed by atoms with Gasteiger partial charge < -0.3 is 4.57 Å². The number of hydrogen-bond donors (Lipinski definition) is 0. The molecule has 0 atom stereocenters. The van der Waals surface area contributed by atoms with Gasteiger partial charge in [-0.3, -0.25) is 0 Å². The third-order valence-corrected chi connectivity index (χ3v) is 2.37. The largest absolute Gasteiger partial charge is 0.335 e. The minimum absolute atomic E-state index is 0.967. The highest BCUT2D eigenvalue weighted by Gasteiger charge is 2.00. The maximum Gasteiger partial charge on any atom is 0.0948 e. The minimum Gasteiger partial charge on any atom is -0.335 e. The molecule has 0 aliphatic heterocycles. The van der Waals surface area contributed by atoms with Crippen molar-refractivity contribution in [3.8, 4) is 0 Å². The summed E-state index contributed by atoms with van der Waals surface area (Å²) in [5, 5.41) is 0. The number of hydrogen-bond acceptors (Lipinski definition) is 1. The number of rotatable bonds is 3. The minimum atomic E-state index is 0.967. The molecule has 0 amide bonds. The molecular weight excluding hydrogens is 172 g/mol. The fourth-order valence-electron chi connectivity index (χ4n) is 1.59. The topological polar surface area (TPSA) is 17.8 Å². The van der Waals surface area contributed by atoms with Gasteiger partial charge in [-0.25, -0.2) is 4.98 Å². The van der Waals surface area contributed by atoms with E-state index in [9.17, 15) is 0 Å². The summed E-state index contributed by atoms with van der Waals surface area (Å²) in [5.74, 6) is 0. The average Bonchev–Trinajstić information content (AvgIpc) is 2.67. The molecule has 1 aromatic carbocycles. The molecule has 0 fully saturated rings. The first-order chi connectivity index (χ1) is 6.90. The molecule has 0 spiro atoms. The van der Waals surface area contributed by atoms with E-state index in [0.29, 0.717) is 0 Å². The zero-order valence-electron chi connectivity index (χ0n) is 8.35. The van der Waals surface area contributed by atoms with Crippen LogP contribution in [0.5, 0.6) is 0 Å². The highest BCUT2D eigenvalue weighted by Crippen LogP contribution is 2.08. The lowest BCUT2D eigenvalue weighted by Crippen LogP contribution is -1.99. The Labute approximate surface area is 84.2 Å². The van der Waals surface area contributed by atoms with E-state index < -0.39 is 0 Å². The van der Waals surface area contributed by atoms with E-state index in [2.05, 4.69) is 40.7 Å². The molecule has 2 rings (SSSR count). The van der Waals surface area contributed by atoms with Gasteiger partial charge in [0.15, 0.2) is 0 Å². The van der Waals surface area contributed by atoms with Crippen molar-refractivity contribution in [3.05, 3.63) is 54.1 Å². The van der Waals surface area contributed by atoms with E-state index >= 15 is 0 Å². The third kappa shape index (κ3) is 1.84. The fraction of sp³-hybridized carbons (Fsp3) is 0.250. The summed E-state index contributed by atoms with van der Waals surface area (Å²) in [7, 11) is 0. The van der Waals surface area contributed by atoms with Gasteiger partial charge in [0.05, 0.1) is 6.33 Å². The molecule has 0 saturated heterocycles. The van der Waals surface area contributed by atoms with Gasteiger partial charge in [-0.15, -0.1) is 0 Å². The second kappa shape index (κ2) is 4.09. The Bertz CT molecular complexity index is 390. The lowest BCUT2D eigenvalue weighted by atomic mass is 10.1.